The molecule has 6 heteroatoms. The molecule has 144 valence electrons. The summed E-state index contributed by atoms with van der Waals surface area (Å²) in [7, 11) is 0. The zero-order valence-corrected chi connectivity index (χ0v) is 16.6. The number of phenols is 1. The average Bonchev–Trinajstić information content (AvgIpc) is 3.12. The molecule has 5 nitrogen and oxygen atoms in total. The molecular weight excluding hydrogens is 374 g/mol. The second kappa shape index (κ2) is 8.35. The van der Waals surface area contributed by atoms with Crippen LogP contribution in [-0.2, 0) is 11.3 Å². The number of ketones is 2. The van der Waals surface area contributed by atoms with Crippen molar-refractivity contribution in [1.29, 1.82) is 0 Å². The summed E-state index contributed by atoms with van der Waals surface area (Å²) >= 11 is 1.35. The van der Waals surface area contributed by atoms with Crippen molar-refractivity contribution in [3.8, 4) is 5.75 Å². The zero-order chi connectivity index (χ0) is 20.3. The van der Waals surface area contributed by atoms with Crippen molar-refractivity contribution in [3.05, 3.63) is 63.8 Å². The van der Waals surface area contributed by atoms with Gasteiger partial charge in [-0.3, -0.25) is 14.4 Å². The molecule has 3 rings (SSSR count). The maximum Gasteiger partial charge on any atom is 0.254 e. The fourth-order valence-electron chi connectivity index (χ4n) is 3.04. The lowest BCUT2D eigenvalue weighted by Crippen LogP contribution is -2.32. The fourth-order valence-corrected chi connectivity index (χ4v) is 3.84. The molecule has 0 fully saturated rings. The number of fused-ring (bicyclic) bond motifs is 1. The molecule has 0 unspecified atom stereocenters. The van der Waals surface area contributed by atoms with Crippen molar-refractivity contribution in [2.24, 2.45) is 0 Å². The molecule has 0 aliphatic rings. The molecule has 0 radical (unpaired) electrons. The fraction of sp³-hybridized carbons (Fsp3) is 0.227. The summed E-state index contributed by atoms with van der Waals surface area (Å²) in [6.07, 6.45) is 0.265. The maximum atomic E-state index is 13.3. The van der Waals surface area contributed by atoms with Gasteiger partial charge in [-0.25, -0.2) is 0 Å². The van der Waals surface area contributed by atoms with Gasteiger partial charge in [0.2, 0.25) is 0 Å². The lowest BCUT2D eigenvalue weighted by Gasteiger charge is -2.23. The summed E-state index contributed by atoms with van der Waals surface area (Å²) in [5.41, 5.74) is 1.38. The molecule has 3 aromatic rings. The predicted octanol–water partition coefficient (Wildman–Crippen LogP) is 4.43. The van der Waals surface area contributed by atoms with E-state index >= 15 is 0 Å². The molecule has 28 heavy (non-hydrogen) atoms. The minimum Gasteiger partial charge on any atom is -0.508 e. The Labute approximate surface area is 167 Å². The second-order valence-corrected chi connectivity index (χ2v) is 7.68. The first-order valence-corrected chi connectivity index (χ1v) is 9.82. The van der Waals surface area contributed by atoms with Crippen molar-refractivity contribution in [2.45, 2.75) is 26.8 Å². The highest BCUT2D eigenvalue weighted by molar-refractivity contribution is 7.12. The Bertz CT molecular complexity index is 1050. The highest BCUT2D eigenvalue weighted by Crippen LogP contribution is 2.25. The van der Waals surface area contributed by atoms with Crippen LogP contribution in [0.15, 0.2) is 47.8 Å². The van der Waals surface area contributed by atoms with Gasteiger partial charge in [-0.05, 0) is 65.9 Å². The molecule has 2 aromatic carbocycles. The summed E-state index contributed by atoms with van der Waals surface area (Å²) in [6.45, 7) is 3.64. The van der Waals surface area contributed by atoms with Gasteiger partial charge in [0.1, 0.15) is 11.5 Å². The third-order valence-corrected chi connectivity index (χ3v) is 5.57. The Morgan fingerprint density at radius 3 is 2.54 bits per heavy atom. The summed E-state index contributed by atoms with van der Waals surface area (Å²) in [5, 5.41) is 13.1. The van der Waals surface area contributed by atoms with E-state index in [1.807, 2.05) is 11.4 Å². The largest absolute Gasteiger partial charge is 0.508 e. The predicted molar refractivity (Wildman–Crippen MR) is 110 cm³/mol. The van der Waals surface area contributed by atoms with Crippen LogP contribution in [0.1, 0.15) is 45.9 Å². The molecular formula is C22H21NO4S. The van der Waals surface area contributed by atoms with Crippen molar-refractivity contribution < 1.29 is 19.5 Å². The SMILES string of the molecule is CC(=O)CCN(Cc1csc(C(C)=O)c1)C(=O)c1cccc2cc(O)ccc12. The molecule has 0 atom stereocenters. The summed E-state index contributed by atoms with van der Waals surface area (Å²) in [4.78, 5) is 38.6. The first-order valence-electron chi connectivity index (χ1n) is 8.94. The third-order valence-electron chi connectivity index (χ3n) is 4.49. The Balaban J connectivity index is 1.94. The Kier molecular flexibility index (Phi) is 5.90. The van der Waals surface area contributed by atoms with Crippen molar-refractivity contribution >= 4 is 39.6 Å². The monoisotopic (exact) mass is 395 g/mol. The van der Waals surface area contributed by atoms with E-state index in [0.29, 0.717) is 23.5 Å². The van der Waals surface area contributed by atoms with Crippen LogP contribution in [0.5, 0.6) is 5.75 Å². The second-order valence-electron chi connectivity index (χ2n) is 6.77. The van der Waals surface area contributed by atoms with Crippen molar-refractivity contribution in [3.63, 3.8) is 0 Å². The van der Waals surface area contributed by atoms with Crippen LogP contribution >= 0.6 is 11.3 Å². The van der Waals surface area contributed by atoms with Gasteiger partial charge >= 0.3 is 0 Å². The molecule has 1 N–H and O–H groups in total. The van der Waals surface area contributed by atoms with E-state index in [1.165, 1.54) is 25.2 Å². The minimum atomic E-state index is -0.187. The zero-order valence-electron chi connectivity index (χ0n) is 15.8. The molecule has 0 saturated heterocycles. The Morgan fingerprint density at radius 1 is 1.07 bits per heavy atom. The number of rotatable bonds is 7. The van der Waals surface area contributed by atoms with Crippen LogP contribution in [-0.4, -0.2) is 34.0 Å². The van der Waals surface area contributed by atoms with E-state index in [2.05, 4.69) is 0 Å². The number of benzene rings is 2. The van der Waals surface area contributed by atoms with Gasteiger partial charge in [-0.1, -0.05) is 12.1 Å². The number of nitrogens with zero attached hydrogens (tertiary/aromatic N) is 1. The van der Waals surface area contributed by atoms with Gasteiger partial charge in [-0.15, -0.1) is 11.3 Å². The minimum absolute atomic E-state index is 0.00766. The summed E-state index contributed by atoms with van der Waals surface area (Å²) in [6, 6.07) is 12.0. The van der Waals surface area contributed by atoms with Gasteiger partial charge in [-0.2, -0.15) is 0 Å². The van der Waals surface area contributed by atoms with Gasteiger partial charge in [0.05, 0.1) is 4.88 Å². The number of amides is 1. The van der Waals surface area contributed by atoms with Crippen molar-refractivity contribution in [2.75, 3.05) is 6.54 Å². The molecule has 1 amide bonds. The number of phenolic OH excluding ortho intramolecular Hbond substituents is 1. The average molecular weight is 395 g/mol. The summed E-state index contributed by atoms with van der Waals surface area (Å²) in [5.74, 6) is -0.0456. The van der Waals surface area contributed by atoms with Crippen LogP contribution in [0.3, 0.4) is 0 Å². The number of thiophene rings is 1. The smallest absolute Gasteiger partial charge is 0.254 e. The van der Waals surface area contributed by atoms with Gasteiger partial charge in [0.15, 0.2) is 5.78 Å². The quantitative estimate of drug-likeness (QED) is 0.601. The van der Waals surface area contributed by atoms with Gasteiger partial charge in [0, 0.05) is 25.1 Å². The maximum absolute atomic E-state index is 13.3. The van der Waals surface area contributed by atoms with E-state index in [1.54, 1.807) is 41.3 Å². The lowest BCUT2D eigenvalue weighted by molar-refractivity contribution is -0.117. The first-order chi connectivity index (χ1) is 13.3. The molecule has 0 spiro atoms. The first kappa shape index (κ1) is 19.8. The molecule has 1 aromatic heterocycles. The van der Waals surface area contributed by atoms with Crippen LogP contribution in [0.4, 0.5) is 0 Å². The van der Waals surface area contributed by atoms with Crippen LogP contribution < -0.4 is 0 Å². The summed E-state index contributed by atoms with van der Waals surface area (Å²) < 4.78 is 0. The van der Waals surface area contributed by atoms with E-state index in [4.69, 9.17) is 0 Å². The standard InChI is InChI=1S/C22H21NO4S/c1-14(24)8-9-23(12-16-10-21(15(2)25)28-13-16)22(27)20-5-3-4-17-11-18(26)6-7-19(17)20/h3-7,10-11,13,26H,8-9,12H2,1-2H3. The van der Waals surface area contributed by atoms with Gasteiger partial charge < -0.3 is 10.0 Å². The molecule has 1 heterocycles. The number of carbonyl (C=O) groups excluding carboxylic acids is 3. The Morgan fingerprint density at radius 2 is 1.86 bits per heavy atom. The topological polar surface area (TPSA) is 74.7 Å². The number of aromatic hydroxyl groups is 1. The van der Waals surface area contributed by atoms with Crippen LogP contribution in [0.2, 0.25) is 0 Å². The van der Waals surface area contributed by atoms with Gasteiger partial charge in [0.25, 0.3) is 5.91 Å². The highest BCUT2D eigenvalue weighted by Gasteiger charge is 2.20. The van der Waals surface area contributed by atoms with Crippen LogP contribution in [0, 0.1) is 0 Å². The molecule has 0 aliphatic heterocycles. The molecule has 0 aliphatic carbocycles. The number of carbonyl (C=O) groups is 3. The van der Waals surface area contributed by atoms with Crippen LogP contribution in [0.25, 0.3) is 10.8 Å². The van der Waals surface area contributed by atoms with E-state index in [0.717, 1.165) is 16.3 Å². The molecule has 0 saturated carbocycles. The lowest BCUT2D eigenvalue weighted by atomic mass is 10.0. The molecule has 0 bridgehead atoms. The number of hydrogen-bond acceptors (Lipinski definition) is 5. The normalized spacial score (nSPS) is 10.8. The van der Waals surface area contributed by atoms with Crippen molar-refractivity contribution in [1.82, 2.24) is 4.90 Å². The number of Topliss-reactive ketones (excluding diaryl/α,β-unsaturated/α-hetero) is 2. The number of hydrogen-bond donors (Lipinski definition) is 1. The van der Waals surface area contributed by atoms with E-state index in [9.17, 15) is 19.5 Å². The third kappa shape index (κ3) is 4.46. The Hall–Kier alpha value is -2.99. The van der Waals surface area contributed by atoms with E-state index in [-0.39, 0.29) is 29.6 Å². The van der Waals surface area contributed by atoms with E-state index < -0.39 is 0 Å². The highest BCUT2D eigenvalue weighted by atomic mass is 32.1.